The van der Waals surface area contributed by atoms with Gasteiger partial charge in [-0.15, -0.1) is 0 Å². The Labute approximate surface area is 116 Å². The molecule has 0 saturated carbocycles. The Balaban J connectivity index is 1.65. The van der Waals surface area contributed by atoms with Gasteiger partial charge in [0.1, 0.15) is 5.76 Å². The number of thioether (sulfide) groups is 1. The molecule has 2 aromatic carbocycles. The largest absolute Gasteiger partial charge is 0.361 e. The molecule has 0 aliphatic rings. The Bertz CT molecular complexity index is 690. The van der Waals surface area contributed by atoms with Crippen molar-refractivity contribution in [3.63, 3.8) is 0 Å². The summed E-state index contributed by atoms with van der Waals surface area (Å²) in [5.74, 6) is 2.77. The van der Waals surface area contributed by atoms with Gasteiger partial charge in [0.2, 0.25) is 0 Å². The highest BCUT2D eigenvalue weighted by Crippen LogP contribution is 2.21. The van der Waals surface area contributed by atoms with Crippen molar-refractivity contribution in [2.75, 3.05) is 0 Å². The summed E-state index contributed by atoms with van der Waals surface area (Å²) < 4.78 is 5.06. The maximum Gasteiger partial charge on any atom is 0.133 e. The van der Waals surface area contributed by atoms with E-state index in [-0.39, 0.29) is 0 Å². The van der Waals surface area contributed by atoms with Gasteiger partial charge in [-0.1, -0.05) is 47.6 Å². The second-order valence-electron chi connectivity index (χ2n) is 4.60. The molecule has 96 valence electrons. The number of hydrogen-bond donors (Lipinski definition) is 0. The standard InChI is InChI=1S/C16H15NOS/c1-12-8-16(17-18-12)11-19-10-13-6-7-14-4-2-3-5-15(14)9-13/h2-9H,10-11H2,1H3. The molecule has 1 heterocycles. The van der Waals surface area contributed by atoms with E-state index in [0.717, 1.165) is 23.0 Å². The van der Waals surface area contributed by atoms with Crippen LogP contribution in [0.15, 0.2) is 53.1 Å². The normalized spacial score (nSPS) is 11.0. The summed E-state index contributed by atoms with van der Waals surface area (Å²) in [6.45, 7) is 1.92. The Morgan fingerprint density at radius 3 is 2.63 bits per heavy atom. The lowest BCUT2D eigenvalue weighted by atomic mass is 10.1. The first-order chi connectivity index (χ1) is 9.31. The van der Waals surface area contributed by atoms with E-state index in [4.69, 9.17) is 4.52 Å². The first-order valence-corrected chi connectivity index (χ1v) is 7.44. The summed E-state index contributed by atoms with van der Waals surface area (Å²) in [7, 11) is 0. The molecule has 2 nitrogen and oxygen atoms in total. The van der Waals surface area contributed by atoms with Gasteiger partial charge in [-0.25, -0.2) is 0 Å². The molecule has 3 aromatic rings. The third-order valence-electron chi connectivity index (χ3n) is 3.01. The van der Waals surface area contributed by atoms with E-state index in [1.165, 1.54) is 16.3 Å². The van der Waals surface area contributed by atoms with Gasteiger partial charge in [-0.3, -0.25) is 0 Å². The lowest BCUT2D eigenvalue weighted by Gasteiger charge is -2.03. The molecule has 0 fully saturated rings. The van der Waals surface area contributed by atoms with Crippen LogP contribution in [0.4, 0.5) is 0 Å². The van der Waals surface area contributed by atoms with Crippen molar-refractivity contribution in [2.45, 2.75) is 18.4 Å². The summed E-state index contributed by atoms with van der Waals surface area (Å²) >= 11 is 1.86. The average molecular weight is 269 g/mol. The fourth-order valence-electron chi connectivity index (χ4n) is 2.09. The molecular weight excluding hydrogens is 254 g/mol. The minimum absolute atomic E-state index is 0.876. The van der Waals surface area contributed by atoms with Gasteiger partial charge in [-0.2, -0.15) is 11.8 Å². The molecule has 3 heteroatoms. The topological polar surface area (TPSA) is 26.0 Å². The molecule has 0 bridgehead atoms. The van der Waals surface area contributed by atoms with Crippen LogP contribution in [-0.2, 0) is 11.5 Å². The van der Waals surface area contributed by atoms with Crippen molar-refractivity contribution in [3.05, 3.63) is 65.5 Å². The molecule has 0 N–H and O–H groups in total. The Morgan fingerprint density at radius 1 is 1.00 bits per heavy atom. The molecule has 3 rings (SSSR count). The highest BCUT2D eigenvalue weighted by molar-refractivity contribution is 7.97. The van der Waals surface area contributed by atoms with Crippen molar-refractivity contribution >= 4 is 22.5 Å². The summed E-state index contributed by atoms with van der Waals surface area (Å²) in [5, 5.41) is 6.60. The predicted molar refractivity (Wildman–Crippen MR) is 80.2 cm³/mol. The van der Waals surface area contributed by atoms with Crippen molar-refractivity contribution in [3.8, 4) is 0 Å². The van der Waals surface area contributed by atoms with E-state index in [0.29, 0.717) is 0 Å². The van der Waals surface area contributed by atoms with Crippen LogP contribution in [0.5, 0.6) is 0 Å². The lowest BCUT2D eigenvalue weighted by Crippen LogP contribution is -1.84. The van der Waals surface area contributed by atoms with Crippen LogP contribution in [0, 0.1) is 6.92 Å². The number of rotatable bonds is 4. The van der Waals surface area contributed by atoms with Crippen LogP contribution < -0.4 is 0 Å². The van der Waals surface area contributed by atoms with Gasteiger partial charge in [0.15, 0.2) is 0 Å². The van der Waals surface area contributed by atoms with Gasteiger partial charge in [0, 0.05) is 17.6 Å². The van der Waals surface area contributed by atoms with Gasteiger partial charge < -0.3 is 4.52 Å². The predicted octanol–water partition coefficient (Wildman–Crippen LogP) is 4.57. The fourth-order valence-corrected chi connectivity index (χ4v) is 2.95. The van der Waals surface area contributed by atoms with E-state index < -0.39 is 0 Å². The molecule has 0 aliphatic carbocycles. The minimum atomic E-state index is 0.876. The van der Waals surface area contributed by atoms with Crippen molar-refractivity contribution in [1.82, 2.24) is 5.16 Å². The zero-order valence-electron chi connectivity index (χ0n) is 10.8. The molecule has 0 radical (unpaired) electrons. The first kappa shape index (κ1) is 12.3. The third-order valence-corrected chi connectivity index (χ3v) is 4.05. The quantitative estimate of drug-likeness (QED) is 0.694. The van der Waals surface area contributed by atoms with Crippen LogP contribution in [0.2, 0.25) is 0 Å². The molecule has 0 saturated heterocycles. The van der Waals surface area contributed by atoms with Crippen molar-refractivity contribution < 1.29 is 4.52 Å². The van der Waals surface area contributed by atoms with Gasteiger partial charge >= 0.3 is 0 Å². The number of benzene rings is 2. The second-order valence-corrected chi connectivity index (χ2v) is 5.59. The number of fused-ring (bicyclic) bond motifs is 1. The molecular formula is C16H15NOS. The van der Waals surface area contributed by atoms with E-state index in [2.05, 4.69) is 47.6 Å². The maximum atomic E-state index is 5.06. The number of nitrogens with zero attached hydrogens (tertiary/aromatic N) is 1. The average Bonchev–Trinajstić information content (AvgIpc) is 2.84. The number of aromatic nitrogens is 1. The van der Waals surface area contributed by atoms with Crippen LogP contribution in [0.1, 0.15) is 17.0 Å². The van der Waals surface area contributed by atoms with Crippen LogP contribution in [0.25, 0.3) is 10.8 Å². The van der Waals surface area contributed by atoms with Crippen molar-refractivity contribution in [2.24, 2.45) is 0 Å². The van der Waals surface area contributed by atoms with Crippen LogP contribution in [0.3, 0.4) is 0 Å². The Morgan fingerprint density at radius 2 is 1.84 bits per heavy atom. The summed E-state index contributed by atoms with van der Waals surface area (Å²) in [4.78, 5) is 0. The maximum absolute atomic E-state index is 5.06. The minimum Gasteiger partial charge on any atom is -0.361 e. The molecule has 1 aromatic heterocycles. The molecule has 19 heavy (non-hydrogen) atoms. The summed E-state index contributed by atoms with van der Waals surface area (Å²) in [6.07, 6.45) is 0. The van der Waals surface area contributed by atoms with Gasteiger partial charge in [0.25, 0.3) is 0 Å². The number of aryl methyl sites for hydroxylation is 1. The van der Waals surface area contributed by atoms with Gasteiger partial charge in [-0.05, 0) is 23.3 Å². The Hall–Kier alpha value is -1.74. The summed E-state index contributed by atoms with van der Waals surface area (Å²) in [6, 6.07) is 17.1. The third kappa shape index (κ3) is 2.99. The molecule has 0 amide bonds. The Kier molecular flexibility index (Phi) is 3.56. The van der Waals surface area contributed by atoms with Crippen molar-refractivity contribution in [1.29, 1.82) is 0 Å². The van der Waals surface area contributed by atoms with Crippen LogP contribution >= 0.6 is 11.8 Å². The molecule has 0 unspecified atom stereocenters. The van der Waals surface area contributed by atoms with Gasteiger partial charge in [0.05, 0.1) is 5.69 Å². The smallest absolute Gasteiger partial charge is 0.133 e. The molecule has 0 aliphatic heterocycles. The second kappa shape index (κ2) is 5.49. The highest BCUT2D eigenvalue weighted by Gasteiger charge is 2.01. The zero-order chi connectivity index (χ0) is 13.1. The molecule has 0 atom stereocenters. The van der Waals surface area contributed by atoms with Crippen LogP contribution in [-0.4, -0.2) is 5.16 Å². The monoisotopic (exact) mass is 269 g/mol. The van der Waals surface area contributed by atoms with E-state index >= 15 is 0 Å². The first-order valence-electron chi connectivity index (χ1n) is 6.29. The SMILES string of the molecule is Cc1cc(CSCc2ccc3ccccc3c2)no1. The summed E-state index contributed by atoms with van der Waals surface area (Å²) in [5.41, 5.74) is 2.37. The van der Waals surface area contributed by atoms with E-state index in [9.17, 15) is 0 Å². The lowest BCUT2D eigenvalue weighted by molar-refractivity contribution is 0.393. The highest BCUT2D eigenvalue weighted by atomic mass is 32.2. The number of hydrogen-bond acceptors (Lipinski definition) is 3. The van der Waals surface area contributed by atoms with E-state index in [1.54, 1.807) is 0 Å². The fraction of sp³-hybridized carbons (Fsp3) is 0.188. The van der Waals surface area contributed by atoms with E-state index in [1.807, 2.05) is 24.8 Å². The molecule has 0 spiro atoms. The zero-order valence-corrected chi connectivity index (χ0v) is 11.6.